The van der Waals surface area contributed by atoms with Crippen molar-refractivity contribution in [3.05, 3.63) is 0 Å². The fourth-order valence-electron chi connectivity index (χ4n) is 3.30. The molecule has 0 aromatic rings. The molecule has 3 atom stereocenters. The molecule has 3 nitrogen and oxygen atoms in total. The third-order valence-electron chi connectivity index (χ3n) is 4.87. The van der Waals surface area contributed by atoms with Crippen molar-refractivity contribution in [1.82, 2.24) is 0 Å². The highest BCUT2D eigenvalue weighted by Crippen LogP contribution is 2.26. The molecule has 22 heavy (non-hydrogen) atoms. The number of hydrogen-bond acceptors (Lipinski definition) is 3. The quantitative estimate of drug-likeness (QED) is 0.384. The van der Waals surface area contributed by atoms with E-state index in [2.05, 4.69) is 6.92 Å². The molecule has 0 aromatic carbocycles. The highest BCUT2D eigenvalue weighted by atomic mass is 16.6. The normalized spacial score (nSPS) is 24.7. The van der Waals surface area contributed by atoms with Gasteiger partial charge in [-0.05, 0) is 13.3 Å². The zero-order valence-corrected chi connectivity index (χ0v) is 14.7. The standard InChI is InChI=1S/C19H36O3/c1-3-4-5-6-7-8-9-10-11-12-13-14-15-17-18(20)16(2)22-19(17)21/h16-18,20H,3-15H2,1-2H3/t16-,17+,18-/m1/s1. The summed E-state index contributed by atoms with van der Waals surface area (Å²) < 4.78 is 5.05. The molecule has 1 heterocycles. The monoisotopic (exact) mass is 312 g/mol. The predicted octanol–water partition coefficient (Wildman–Crippen LogP) is 5.00. The van der Waals surface area contributed by atoms with Gasteiger partial charge in [-0.15, -0.1) is 0 Å². The lowest BCUT2D eigenvalue weighted by molar-refractivity contribution is -0.143. The van der Waals surface area contributed by atoms with Crippen LogP contribution in [-0.4, -0.2) is 23.3 Å². The summed E-state index contributed by atoms with van der Waals surface area (Å²) in [6.45, 7) is 4.03. The fourth-order valence-corrected chi connectivity index (χ4v) is 3.30. The number of hydrogen-bond donors (Lipinski definition) is 1. The van der Waals surface area contributed by atoms with Crippen molar-refractivity contribution in [3.8, 4) is 0 Å². The van der Waals surface area contributed by atoms with Crippen LogP contribution in [0.2, 0.25) is 0 Å². The maximum atomic E-state index is 11.5. The van der Waals surface area contributed by atoms with Gasteiger partial charge in [-0.25, -0.2) is 0 Å². The van der Waals surface area contributed by atoms with Gasteiger partial charge in [0.1, 0.15) is 12.2 Å². The van der Waals surface area contributed by atoms with Gasteiger partial charge < -0.3 is 9.84 Å². The van der Waals surface area contributed by atoms with Gasteiger partial charge in [-0.3, -0.25) is 4.79 Å². The number of aliphatic hydroxyl groups is 1. The second-order valence-electron chi connectivity index (χ2n) is 6.92. The van der Waals surface area contributed by atoms with Crippen molar-refractivity contribution in [3.63, 3.8) is 0 Å². The van der Waals surface area contributed by atoms with Gasteiger partial charge in [0, 0.05) is 0 Å². The summed E-state index contributed by atoms with van der Waals surface area (Å²) >= 11 is 0. The van der Waals surface area contributed by atoms with Crippen molar-refractivity contribution in [2.45, 2.75) is 110 Å². The number of rotatable bonds is 13. The number of unbranched alkanes of at least 4 members (excludes halogenated alkanes) is 11. The lowest BCUT2D eigenvalue weighted by Crippen LogP contribution is -2.24. The molecule has 0 amide bonds. The van der Waals surface area contributed by atoms with Crippen molar-refractivity contribution in [2.24, 2.45) is 5.92 Å². The molecule has 1 rings (SSSR count). The minimum absolute atomic E-state index is 0.205. The van der Waals surface area contributed by atoms with Crippen LogP contribution < -0.4 is 0 Å². The summed E-state index contributed by atoms with van der Waals surface area (Å²) in [6, 6.07) is 0. The number of ether oxygens (including phenoxy) is 1. The Kier molecular flexibility index (Phi) is 10.6. The molecule has 0 unspecified atom stereocenters. The van der Waals surface area contributed by atoms with Crippen LogP contribution in [0.15, 0.2) is 0 Å². The lowest BCUT2D eigenvalue weighted by Gasteiger charge is -2.11. The highest BCUT2D eigenvalue weighted by Gasteiger charge is 2.40. The Bertz CT molecular complexity index is 290. The largest absolute Gasteiger partial charge is 0.460 e. The molecule has 1 fully saturated rings. The molecule has 130 valence electrons. The molecule has 0 radical (unpaired) electrons. The summed E-state index contributed by atoms with van der Waals surface area (Å²) in [5.41, 5.74) is 0. The number of aliphatic hydroxyl groups excluding tert-OH is 1. The van der Waals surface area contributed by atoms with E-state index in [0.717, 1.165) is 12.8 Å². The van der Waals surface area contributed by atoms with Crippen molar-refractivity contribution >= 4 is 5.97 Å². The highest BCUT2D eigenvalue weighted by molar-refractivity contribution is 5.75. The minimum atomic E-state index is -0.597. The molecule has 3 heteroatoms. The number of carbonyl (C=O) groups excluding carboxylic acids is 1. The van der Waals surface area contributed by atoms with Crippen LogP contribution in [-0.2, 0) is 9.53 Å². The number of carbonyl (C=O) groups is 1. The third kappa shape index (κ3) is 7.62. The first kappa shape index (κ1) is 19.5. The average Bonchev–Trinajstić information content (AvgIpc) is 2.74. The molecule has 1 aliphatic heterocycles. The van der Waals surface area contributed by atoms with Gasteiger partial charge in [-0.1, -0.05) is 84.0 Å². The molecule has 1 N–H and O–H groups in total. The molecule has 0 bridgehead atoms. The van der Waals surface area contributed by atoms with Gasteiger partial charge in [-0.2, -0.15) is 0 Å². The van der Waals surface area contributed by atoms with Gasteiger partial charge in [0.05, 0.1) is 5.92 Å². The zero-order chi connectivity index (χ0) is 16.2. The van der Waals surface area contributed by atoms with Crippen molar-refractivity contribution in [2.75, 3.05) is 0 Å². The summed E-state index contributed by atoms with van der Waals surface area (Å²) in [6.07, 6.45) is 15.7. The van der Waals surface area contributed by atoms with Crippen LogP contribution >= 0.6 is 0 Å². The van der Waals surface area contributed by atoms with Crippen LogP contribution in [0, 0.1) is 5.92 Å². The molecule has 0 aliphatic carbocycles. The van der Waals surface area contributed by atoms with Gasteiger partial charge >= 0.3 is 5.97 Å². The first-order chi connectivity index (χ1) is 10.7. The Morgan fingerprint density at radius 1 is 0.864 bits per heavy atom. The average molecular weight is 312 g/mol. The van der Waals surface area contributed by atoms with E-state index < -0.39 is 6.10 Å². The molecule has 0 aromatic heterocycles. The Hall–Kier alpha value is -0.570. The maximum Gasteiger partial charge on any atom is 0.312 e. The van der Waals surface area contributed by atoms with E-state index >= 15 is 0 Å². The second kappa shape index (κ2) is 11.9. The topological polar surface area (TPSA) is 46.5 Å². The fraction of sp³-hybridized carbons (Fsp3) is 0.947. The molecular weight excluding hydrogens is 276 g/mol. The number of cyclic esters (lactones) is 1. The Morgan fingerprint density at radius 2 is 1.32 bits per heavy atom. The zero-order valence-electron chi connectivity index (χ0n) is 14.7. The van der Waals surface area contributed by atoms with E-state index in [1.807, 2.05) is 0 Å². The van der Waals surface area contributed by atoms with E-state index in [1.54, 1.807) is 6.92 Å². The molecule has 1 aliphatic rings. The Morgan fingerprint density at radius 3 is 1.73 bits per heavy atom. The van der Waals surface area contributed by atoms with Crippen LogP contribution in [0.4, 0.5) is 0 Å². The molecule has 0 spiro atoms. The predicted molar refractivity (Wildman–Crippen MR) is 90.7 cm³/mol. The van der Waals surface area contributed by atoms with Gasteiger partial charge in [0.15, 0.2) is 0 Å². The first-order valence-corrected chi connectivity index (χ1v) is 9.55. The minimum Gasteiger partial charge on any atom is -0.460 e. The summed E-state index contributed by atoms with van der Waals surface area (Å²) in [4.78, 5) is 11.5. The smallest absolute Gasteiger partial charge is 0.312 e. The summed E-state index contributed by atoms with van der Waals surface area (Å²) in [7, 11) is 0. The van der Waals surface area contributed by atoms with Gasteiger partial charge in [0.25, 0.3) is 0 Å². The Balaban J connectivity index is 1.85. The van der Waals surface area contributed by atoms with Crippen molar-refractivity contribution < 1.29 is 14.6 Å². The van der Waals surface area contributed by atoms with E-state index in [1.165, 1.54) is 70.6 Å². The Labute approximate surface area is 136 Å². The lowest BCUT2D eigenvalue weighted by atomic mass is 9.95. The van der Waals surface area contributed by atoms with Crippen LogP contribution in [0.5, 0.6) is 0 Å². The van der Waals surface area contributed by atoms with E-state index in [9.17, 15) is 9.90 Å². The van der Waals surface area contributed by atoms with Crippen LogP contribution in [0.25, 0.3) is 0 Å². The van der Waals surface area contributed by atoms with Crippen LogP contribution in [0.3, 0.4) is 0 Å². The van der Waals surface area contributed by atoms with E-state index in [0.29, 0.717) is 0 Å². The third-order valence-corrected chi connectivity index (χ3v) is 4.87. The summed E-state index contributed by atoms with van der Waals surface area (Å²) in [5.74, 6) is -0.485. The maximum absolute atomic E-state index is 11.5. The van der Waals surface area contributed by atoms with Crippen LogP contribution in [0.1, 0.15) is 97.3 Å². The second-order valence-corrected chi connectivity index (χ2v) is 6.92. The molecule has 0 saturated carbocycles. The van der Waals surface area contributed by atoms with Crippen molar-refractivity contribution in [1.29, 1.82) is 0 Å². The van der Waals surface area contributed by atoms with E-state index in [-0.39, 0.29) is 18.0 Å². The first-order valence-electron chi connectivity index (χ1n) is 9.55. The van der Waals surface area contributed by atoms with Gasteiger partial charge in [0.2, 0.25) is 0 Å². The summed E-state index contributed by atoms with van der Waals surface area (Å²) in [5, 5.41) is 9.86. The molecule has 1 saturated heterocycles. The number of esters is 1. The SMILES string of the molecule is CCCCCCCCCCCCCC[C@@H]1C(=O)O[C@H](C)[C@H]1O. The molecular formula is C19H36O3. The van der Waals surface area contributed by atoms with E-state index in [4.69, 9.17) is 4.74 Å².